The fourth-order valence-electron chi connectivity index (χ4n) is 3.08. The second-order valence-corrected chi connectivity index (χ2v) is 6.02. The summed E-state index contributed by atoms with van der Waals surface area (Å²) < 4.78 is 0. The number of carboxylic acids is 1. The molecule has 1 aliphatic rings. The number of carbonyl (C=O) groups is 2. The Kier molecular flexibility index (Phi) is 5.99. The van der Waals surface area contributed by atoms with Crippen LogP contribution in [0.25, 0.3) is 0 Å². The summed E-state index contributed by atoms with van der Waals surface area (Å²) in [6, 6.07) is 0. The topological polar surface area (TPSA) is 86.6 Å². The van der Waals surface area contributed by atoms with Crippen molar-refractivity contribution in [2.75, 3.05) is 6.61 Å². The summed E-state index contributed by atoms with van der Waals surface area (Å²) in [6.07, 6.45) is 5.49. The van der Waals surface area contributed by atoms with Crippen LogP contribution in [0.15, 0.2) is 0 Å². The molecule has 1 saturated carbocycles. The number of aliphatic carboxylic acids is 1. The predicted octanol–water partition coefficient (Wildman–Crippen LogP) is 2.08. The molecular weight excluding hydrogens is 258 g/mol. The Bertz CT molecular complexity index is 344. The lowest BCUT2D eigenvalue weighted by Crippen LogP contribution is -2.53. The molecule has 0 aliphatic heterocycles. The fraction of sp³-hybridized carbons (Fsp3) is 0.867. The van der Waals surface area contributed by atoms with Gasteiger partial charge in [-0.05, 0) is 25.7 Å². The first kappa shape index (κ1) is 17.0. The first-order valence-corrected chi connectivity index (χ1v) is 7.59. The number of carbonyl (C=O) groups excluding carboxylic acids is 1. The number of carboxylic acid groups (broad SMARTS) is 1. The van der Waals surface area contributed by atoms with E-state index in [-0.39, 0.29) is 18.9 Å². The Morgan fingerprint density at radius 1 is 1.15 bits per heavy atom. The fourth-order valence-corrected chi connectivity index (χ4v) is 3.08. The maximum atomic E-state index is 12.2. The van der Waals surface area contributed by atoms with Gasteiger partial charge in [0.15, 0.2) is 0 Å². The third-order valence-electron chi connectivity index (χ3n) is 4.82. The van der Waals surface area contributed by atoms with E-state index in [4.69, 9.17) is 0 Å². The summed E-state index contributed by atoms with van der Waals surface area (Å²) in [5.41, 5.74) is -1.53. The molecule has 5 heteroatoms. The number of rotatable bonds is 7. The lowest BCUT2D eigenvalue weighted by Gasteiger charge is -2.37. The normalized spacial score (nSPS) is 18.6. The average Bonchev–Trinajstić information content (AvgIpc) is 2.45. The summed E-state index contributed by atoms with van der Waals surface area (Å²) >= 11 is 0. The van der Waals surface area contributed by atoms with Gasteiger partial charge in [-0.1, -0.05) is 33.1 Å². The monoisotopic (exact) mass is 285 g/mol. The molecule has 1 amide bonds. The van der Waals surface area contributed by atoms with E-state index < -0.39 is 16.9 Å². The number of hydrogen-bond donors (Lipinski definition) is 3. The molecule has 0 spiro atoms. The van der Waals surface area contributed by atoms with Gasteiger partial charge in [0.2, 0.25) is 5.91 Å². The molecule has 0 atom stereocenters. The molecule has 0 heterocycles. The molecule has 1 rings (SSSR count). The third-order valence-corrected chi connectivity index (χ3v) is 4.82. The number of aliphatic hydroxyl groups excluding tert-OH is 1. The molecule has 0 aromatic carbocycles. The zero-order valence-electron chi connectivity index (χ0n) is 12.6. The van der Waals surface area contributed by atoms with Crippen LogP contribution in [0.5, 0.6) is 0 Å². The minimum Gasteiger partial charge on any atom is -0.481 e. The van der Waals surface area contributed by atoms with Gasteiger partial charge < -0.3 is 15.5 Å². The molecule has 5 nitrogen and oxygen atoms in total. The third kappa shape index (κ3) is 3.72. The number of amides is 1. The maximum absolute atomic E-state index is 12.2. The van der Waals surface area contributed by atoms with Crippen LogP contribution in [0.4, 0.5) is 0 Å². The van der Waals surface area contributed by atoms with Gasteiger partial charge in [0.25, 0.3) is 0 Å². The Balaban J connectivity index is 2.72. The van der Waals surface area contributed by atoms with Gasteiger partial charge in [0.1, 0.15) is 0 Å². The Morgan fingerprint density at radius 3 is 2.10 bits per heavy atom. The Hall–Kier alpha value is -1.10. The van der Waals surface area contributed by atoms with E-state index in [1.54, 1.807) is 13.8 Å². The van der Waals surface area contributed by atoms with Gasteiger partial charge in [-0.15, -0.1) is 0 Å². The number of aliphatic hydroxyl groups is 1. The van der Waals surface area contributed by atoms with Crippen LogP contribution >= 0.6 is 0 Å². The van der Waals surface area contributed by atoms with Crippen molar-refractivity contribution in [1.29, 1.82) is 0 Å². The molecule has 116 valence electrons. The van der Waals surface area contributed by atoms with Gasteiger partial charge >= 0.3 is 5.97 Å². The van der Waals surface area contributed by atoms with E-state index in [9.17, 15) is 19.8 Å². The lowest BCUT2D eigenvalue weighted by atomic mass is 9.78. The summed E-state index contributed by atoms with van der Waals surface area (Å²) in [7, 11) is 0. The highest BCUT2D eigenvalue weighted by Crippen LogP contribution is 2.33. The molecule has 0 saturated heterocycles. The van der Waals surface area contributed by atoms with Crippen molar-refractivity contribution in [3.05, 3.63) is 0 Å². The molecule has 0 aromatic rings. The van der Waals surface area contributed by atoms with Crippen LogP contribution in [-0.2, 0) is 9.59 Å². The second-order valence-electron chi connectivity index (χ2n) is 6.02. The van der Waals surface area contributed by atoms with Gasteiger partial charge in [-0.25, -0.2) is 0 Å². The van der Waals surface area contributed by atoms with E-state index >= 15 is 0 Å². The van der Waals surface area contributed by atoms with Crippen molar-refractivity contribution >= 4 is 11.9 Å². The molecule has 0 unspecified atom stereocenters. The maximum Gasteiger partial charge on any atom is 0.310 e. The lowest BCUT2D eigenvalue weighted by molar-refractivity contribution is -0.152. The second kappa shape index (κ2) is 7.07. The van der Waals surface area contributed by atoms with Crippen molar-refractivity contribution < 1.29 is 19.8 Å². The van der Waals surface area contributed by atoms with Gasteiger partial charge in [0.05, 0.1) is 17.6 Å². The summed E-state index contributed by atoms with van der Waals surface area (Å²) in [4.78, 5) is 23.7. The van der Waals surface area contributed by atoms with Gasteiger partial charge in [-0.3, -0.25) is 9.59 Å². The van der Waals surface area contributed by atoms with E-state index in [2.05, 4.69) is 5.32 Å². The van der Waals surface area contributed by atoms with Crippen LogP contribution in [0.2, 0.25) is 0 Å². The van der Waals surface area contributed by atoms with E-state index in [0.29, 0.717) is 12.8 Å². The zero-order valence-corrected chi connectivity index (χ0v) is 12.6. The van der Waals surface area contributed by atoms with E-state index in [1.807, 2.05) is 0 Å². The van der Waals surface area contributed by atoms with Crippen molar-refractivity contribution in [2.45, 2.75) is 70.8 Å². The molecule has 20 heavy (non-hydrogen) atoms. The van der Waals surface area contributed by atoms with Crippen molar-refractivity contribution in [2.24, 2.45) is 5.41 Å². The summed E-state index contributed by atoms with van der Waals surface area (Å²) in [5.74, 6) is -1.17. The average molecular weight is 285 g/mol. The van der Waals surface area contributed by atoms with Crippen molar-refractivity contribution in [3.63, 3.8) is 0 Å². The zero-order chi connectivity index (χ0) is 15.2. The van der Waals surface area contributed by atoms with Crippen LogP contribution in [0, 0.1) is 5.41 Å². The molecule has 1 fully saturated rings. The smallest absolute Gasteiger partial charge is 0.310 e. The summed E-state index contributed by atoms with van der Waals surface area (Å²) in [6.45, 7) is 3.53. The highest BCUT2D eigenvalue weighted by atomic mass is 16.4. The van der Waals surface area contributed by atoms with E-state index in [1.165, 1.54) is 0 Å². The minimum atomic E-state index is -0.991. The first-order valence-electron chi connectivity index (χ1n) is 7.59. The molecule has 0 bridgehead atoms. The van der Waals surface area contributed by atoms with Crippen LogP contribution in [0.1, 0.15) is 65.2 Å². The predicted molar refractivity (Wildman–Crippen MR) is 76.3 cm³/mol. The minimum absolute atomic E-state index is 0.0168. The molecule has 0 aromatic heterocycles. The number of nitrogens with one attached hydrogen (secondary N) is 1. The SMILES string of the molecule is CCC(CC)(CC(=O)NC1(CO)CCCCC1)C(=O)O. The molecule has 1 aliphatic carbocycles. The van der Waals surface area contributed by atoms with Gasteiger partial charge in [-0.2, -0.15) is 0 Å². The number of hydrogen-bond acceptors (Lipinski definition) is 3. The van der Waals surface area contributed by atoms with Crippen LogP contribution in [-0.4, -0.2) is 34.2 Å². The molecule has 0 radical (unpaired) electrons. The van der Waals surface area contributed by atoms with Crippen LogP contribution < -0.4 is 5.32 Å². The Morgan fingerprint density at radius 2 is 1.70 bits per heavy atom. The quantitative estimate of drug-likeness (QED) is 0.668. The standard InChI is InChI=1S/C15H27NO4/c1-3-14(4-2,13(19)20)10-12(18)16-15(11-17)8-6-5-7-9-15/h17H,3-11H2,1-2H3,(H,16,18)(H,19,20). The first-order chi connectivity index (χ1) is 9.43. The highest BCUT2D eigenvalue weighted by Gasteiger charge is 2.40. The highest BCUT2D eigenvalue weighted by molar-refractivity contribution is 5.85. The summed E-state index contributed by atoms with van der Waals surface area (Å²) in [5, 5.41) is 21.9. The van der Waals surface area contributed by atoms with Gasteiger partial charge in [0, 0.05) is 6.42 Å². The van der Waals surface area contributed by atoms with E-state index in [0.717, 1.165) is 32.1 Å². The van der Waals surface area contributed by atoms with Crippen molar-refractivity contribution in [3.8, 4) is 0 Å². The van der Waals surface area contributed by atoms with Crippen molar-refractivity contribution in [1.82, 2.24) is 5.32 Å². The Labute approximate surface area is 120 Å². The molecule has 3 N–H and O–H groups in total. The molecular formula is C15H27NO4. The largest absolute Gasteiger partial charge is 0.481 e. The van der Waals surface area contributed by atoms with Crippen LogP contribution in [0.3, 0.4) is 0 Å².